The summed E-state index contributed by atoms with van der Waals surface area (Å²) in [5.74, 6) is 0.756. The van der Waals surface area contributed by atoms with E-state index < -0.39 is 10.0 Å². The van der Waals surface area contributed by atoms with Crippen LogP contribution in [0.3, 0.4) is 0 Å². The molecule has 2 aromatic heterocycles. The summed E-state index contributed by atoms with van der Waals surface area (Å²) in [6.45, 7) is 1.51. The molecule has 0 spiro atoms. The third-order valence-corrected chi connectivity index (χ3v) is 9.67. The van der Waals surface area contributed by atoms with E-state index in [4.69, 9.17) is 34.8 Å². The fraction of sp³-hybridized carbons (Fsp3) is 0.143. The second-order valence-electron chi connectivity index (χ2n) is 9.12. The van der Waals surface area contributed by atoms with Crippen molar-refractivity contribution >= 4 is 61.7 Å². The molecule has 1 saturated heterocycles. The maximum Gasteiger partial charge on any atom is 0.243 e. The second kappa shape index (κ2) is 10.4. The Hall–Kier alpha value is -3.14. The maximum absolute atomic E-state index is 13.3. The number of rotatable bonds is 5. The van der Waals surface area contributed by atoms with Crippen LogP contribution in [-0.4, -0.2) is 53.4 Å². The van der Waals surface area contributed by atoms with Crippen molar-refractivity contribution in [3.8, 4) is 16.8 Å². The highest BCUT2D eigenvalue weighted by molar-refractivity contribution is 7.89. The van der Waals surface area contributed by atoms with Crippen LogP contribution in [0.1, 0.15) is 0 Å². The van der Waals surface area contributed by atoms with E-state index in [1.54, 1.807) is 6.33 Å². The van der Waals surface area contributed by atoms with Crippen molar-refractivity contribution < 1.29 is 8.42 Å². The quantitative estimate of drug-likeness (QED) is 0.229. The van der Waals surface area contributed by atoms with Gasteiger partial charge in [0.05, 0.1) is 20.3 Å². The lowest BCUT2D eigenvalue weighted by Gasteiger charge is -2.35. The first kappa shape index (κ1) is 26.1. The molecular weight excluding hydrogens is 577 g/mol. The molecule has 198 valence electrons. The molecule has 39 heavy (non-hydrogen) atoms. The zero-order valence-electron chi connectivity index (χ0n) is 20.5. The molecule has 0 atom stereocenters. The fourth-order valence-corrected chi connectivity index (χ4v) is 6.87. The van der Waals surface area contributed by atoms with E-state index in [-0.39, 0.29) is 9.92 Å². The van der Waals surface area contributed by atoms with Crippen LogP contribution in [-0.2, 0) is 10.0 Å². The highest BCUT2D eigenvalue weighted by atomic mass is 35.5. The van der Waals surface area contributed by atoms with Gasteiger partial charge in [-0.25, -0.2) is 18.4 Å². The highest BCUT2D eigenvalue weighted by Gasteiger charge is 2.31. The van der Waals surface area contributed by atoms with Gasteiger partial charge in [0.15, 0.2) is 5.65 Å². The summed E-state index contributed by atoms with van der Waals surface area (Å²) in [4.78, 5) is 11.6. The smallest absolute Gasteiger partial charge is 0.243 e. The van der Waals surface area contributed by atoms with Gasteiger partial charge >= 0.3 is 0 Å². The van der Waals surface area contributed by atoms with Crippen LogP contribution in [0.5, 0.6) is 0 Å². The summed E-state index contributed by atoms with van der Waals surface area (Å²) in [7, 11) is -3.72. The lowest BCUT2D eigenvalue weighted by atomic mass is 10.1. The van der Waals surface area contributed by atoms with Gasteiger partial charge < -0.3 is 9.47 Å². The number of piperazine rings is 1. The molecule has 0 saturated carbocycles. The SMILES string of the molecule is O=S(=O)(c1ccc(Cl)c(Cl)c1)N1CCN(c2ncnc3c2c(-c2ccccc2)cn3-c2cccc(Cl)c2)CC1. The molecule has 0 amide bonds. The van der Waals surface area contributed by atoms with Crippen LogP contribution in [0, 0.1) is 0 Å². The normalized spacial score (nSPS) is 14.7. The van der Waals surface area contributed by atoms with E-state index in [9.17, 15) is 8.42 Å². The third kappa shape index (κ3) is 4.88. The van der Waals surface area contributed by atoms with Crippen molar-refractivity contribution in [1.29, 1.82) is 0 Å². The molecule has 3 aromatic carbocycles. The number of hydrogen-bond acceptors (Lipinski definition) is 5. The number of nitrogens with zero attached hydrogens (tertiary/aromatic N) is 5. The predicted octanol–water partition coefficient (Wildman–Crippen LogP) is 6.56. The highest BCUT2D eigenvalue weighted by Crippen LogP contribution is 2.37. The van der Waals surface area contributed by atoms with E-state index in [0.29, 0.717) is 36.2 Å². The molecule has 0 aliphatic carbocycles. The van der Waals surface area contributed by atoms with Crippen molar-refractivity contribution in [2.24, 2.45) is 0 Å². The average Bonchev–Trinajstić information content (AvgIpc) is 3.35. The Morgan fingerprint density at radius 3 is 2.26 bits per heavy atom. The van der Waals surface area contributed by atoms with Crippen molar-refractivity contribution in [2.45, 2.75) is 4.90 Å². The largest absolute Gasteiger partial charge is 0.353 e. The van der Waals surface area contributed by atoms with Gasteiger partial charge in [0.25, 0.3) is 0 Å². The minimum Gasteiger partial charge on any atom is -0.353 e. The Bertz CT molecular complexity index is 1790. The number of halogens is 3. The van der Waals surface area contributed by atoms with Crippen molar-refractivity contribution in [3.05, 3.63) is 100 Å². The van der Waals surface area contributed by atoms with Gasteiger partial charge in [-0.15, -0.1) is 0 Å². The molecular formula is C28H22Cl3N5O2S. The van der Waals surface area contributed by atoms with Gasteiger partial charge in [0.1, 0.15) is 12.1 Å². The Kier molecular flexibility index (Phi) is 6.99. The van der Waals surface area contributed by atoms with E-state index in [0.717, 1.165) is 33.7 Å². The molecule has 11 heteroatoms. The molecule has 0 radical (unpaired) electrons. The summed E-state index contributed by atoms with van der Waals surface area (Å²) in [5, 5.41) is 2.04. The summed E-state index contributed by atoms with van der Waals surface area (Å²) < 4.78 is 30.1. The van der Waals surface area contributed by atoms with Gasteiger partial charge in [0.2, 0.25) is 10.0 Å². The van der Waals surface area contributed by atoms with E-state index in [2.05, 4.69) is 33.2 Å². The van der Waals surface area contributed by atoms with Crippen molar-refractivity contribution in [3.63, 3.8) is 0 Å². The zero-order valence-corrected chi connectivity index (χ0v) is 23.6. The topological polar surface area (TPSA) is 71.3 Å². The van der Waals surface area contributed by atoms with Crippen LogP contribution in [0.15, 0.2) is 90.2 Å². The van der Waals surface area contributed by atoms with Crippen molar-refractivity contribution in [2.75, 3.05) is 31.1 Å². The van der Waals surface area contributed by atoms with E-state index in [1.807, 2.05) is 47.0 Å². The third-order valence-electron chi connectivity index (χ3n) is 6.80. The van der Waals surface area contributed by atoms with Crippen LogP contribution < -0.4 is 4.90 Å². The summed E-state index contributed by atoms with van der Waals surface area (Å²) in [6, 6.07) is 22.1. The first-order valence-corrected chi connectivity index (χ1v) is 14.8. The number of hydrogen-bond donors (Lipinski definition) is 0. The molecule has 1 aliphatic heterocycles. The number of anilines is 1. The molecule has 1 aliphatic rings. The number of sulfonamides is 1. The van der Waals surface area contributed by atoms with Crippen LogP contribution >= 0.6 is 34.8 Å². The molecule has 1 fully saturated rings. The standard InChI is InChI=1S/C28H22Cl3N5O2S/c29-20-7-4-8-21(15-20)36-17-23(19-5-2-1-3-6-19)26-27(32-18-33-28(26)36)34-11-13-35(14-12-34)39(37,38)22-9-10-24(30)25(31)16-22/h1-10,15-18H,11-14H2. The summed E-state index contributed by atoms with van der Waals surface area (Å²) in [5.41, 5.74) is 3.64. The van der Waals surface area contributed by atoms with Gasteiger partial charge in [-0.2, -0.15) is 4.31 Å². The Labute approximate surface area is 241 Å². The molecule has 5 aromatic rings. The first-order valence-electron chi connectivity index (χ1n) is 12.2. The zero-order chi connectivity index (χ0) is 27.1. The number of fused-ring (bicyclic) bond motifs is 1. The molecule has 0 N–H and O–H groups in total. The van der Waals surface area contributed by atoms with Crippen LogP contribution in [0.4, 0.5) is 5.82 Å². The van der Waals surface area contributed by atoms with Gasteiger partial charge in [0, 0.05) is 48.6 Å². The fourth-order valence-electron chi connectivity index (χ4n) is 4.87. The van der Waals surface area contributed by atoms with Crippen LogP contribution in [0.25, 0.3) is 27.8 Å². The lowest BCUT2D eigenvalue weighted by molar-refractivity contribution is 0.384. The van der Waals surface area contributed by atoms with E-state index >= 15 is 0 Å². The average molecular weight is 599 g/mol. The summed E-state index contributed by atoms with van der Waals surface area (Å²) >= 11 is 18.4. The molecule has 0 unspecified atom stereocenters. The monoisotopic (exact) mass is 597 g/mol. The minimum absolute atomic E-state index is 0.125. The number of aromatic nitrogens is 3. The molecule has 3 heterocycles. The van der Waals surface area contributed by atoms with Gasteiger partial charge in [-0.3, -0.25) is 0 Å². The molecule has 7 nitrogen and oxygen atoms in total. The predicted molar refractivity (Wildman–Crippen MR) is 157 cm³/mol. The van der Waals surface area contributed by atoms with Gasteiger partial charge in [-0.1, -0.05) is 71.2 Å². The minimum atomic E-state index is -3.72. The molecule has 6 rings (SSSR count). The second-order valence-corrected chi connectivity index (χ2v) is 12.3. The Morgan fingerprint density at radius 2 is 1.54 bits per heavy atom. The van der Waals surface area contributed by atoms with Crippen molar-refractivity contribution in [1.82, 2.24) is 18.8 Å². The molecule has 0 bridgehead atoms. The Balaban J connectivity index is 1.38. The maximum atomic E-state index is 13.3. The first-order chi connectivity index (χ1) is 18.8. The number of benzene rings is 3. The van der Waals surface area contributed by atoms with E-state index in [1.165, 1.54) is 22.5 Å². The summed E-state index contributed by atoms with van der Waals surface area (Å²) in [6.07, 6.45) is 3.60. The van der Waals surface area contributed by atoms with Gasteiger partial charge in [-0.05, 0) is 42.0 Å². The van der Waals surface area contributed by atoms with Crippen LogP contribution in [0.2, 0.25) is 15.1 Å². The Morgan fingerprint density at radius 1 is 0.769 bits per heavy atom. The lowest BCUT2D eigenvalue weighted by Crippen LogP contribution is -2.49.